The van der Waals surface area contributed by atoms with Gasteiger partial charge in [-0.2, -0.15) is 5.10 Å². The van der Waals surface area contributed by atoms with Gasteiger partial charge in [-0.05, 0) is 30.5 Å². The van der Waals surface area contributed by atoms with Crippen LogP contribution in [0.1, 0.15) is 25.7 Å². The summed E-state index contributed by atoms with van der Waals surface area (Å²) in [6.45, 7) is 2.30. The van der Waals surface area contributed by atoms with Crippen LogP contribution in [0.25, 0.3) is 0 Å². The van der Waals surface area contributed by atoms with Gasteiger partial charge in [-0.25, -0.2) is 0 Å². The Morgan fingerprint density at radius 3 is 3.05 bits per heavy atom. The molecule has 0 aliphatic carbocycles. The zero-order valence-electron chi connectivity index (χ0n) is 12.0. The topological polar surface area (TPSA) is 67.2 Å². The average Bonchev–Trinajstić information content (AvgIpc) is 3.03. The molecule has 0 spiro atoms. The summed E-state index contributed by atoms with van der Waals surface area (Å²) in [4.78, 5) is 13.5. The Kier molecular flexibility index (Phi) is 5.14. The summed E-state index contributed by atoms with van der Waals surface area (Å²) in [6, 6.07) is 1.82. The summed E-state index contributed by atoms with van der Waals surface area (Å²) in [5, 5.41) is 15.7. The highest BCUT2D eigenvalue weighted by Gasteiger charge is 2.11. The number of rotatable bonds is 4. The Bertz CT molecular complexity index is 691. The van der Waals surface area contributed by atoms with Crippen LogP contribution >= 0.6 is 11.3 Å². The molecule has 6 heteroatoms. The van der Waals surface area contributed by atoms with Crippen LogP contribution < -0.4 is 5.32 Å². The molecule has 0 atom stereocenters. The first-order chi connectivity index (χ1) is 10.1. The van der Waals surface area contributed by atoms with Crippen LogP contribution in [0.2, 0.25) is 0 Å². The first-order valence-corrected chi connectivity index (χ1v) is 7.37. The third-order valence-corrected chi connectivity index (χ3v) is 4.03. The monoisotopic (exact) mass is 303 g/mol. The molecule has 0 saturated heterocycles. The number of hydrogen-bond donors (Lipinski definition) is 2. The molecule has 2 N–H and O–H groups in total. The number of carbonyl (C=O) groups excluding carboxylic acids is 1. The van der Waals surface area contributed by atoms with E-state index in [2.05, 4.69) is 22.3 Å². The summed E-state index contributed by atoms with van der Waals surface area (Å²) >= 11 is 1.34. The van der Waals surface area contributed by atoms with E-state index < -0.39 is 0 Å². The van der Waals surface area contributed by atoms with E-state index in [4.69, 9.17) is 5.11 Å². The molecule has 0 fully saturated rings. The van der Waals surface area contributed by atoms with Crippen molar-refractivity contribution in [3.05, 3.63) is 39.3 Å². The Labute approximate surface area is 127 Å². The first-order valence-electron chi connectivity index (χ1n) is 6.56. The van der Waals surface area contributed by atoms with Crippen LogP contribution in [0, 0.1) is 18.8 Å². The lowest BCUT2D eigenvalue weighted by molar-refractivity contribution is 0.0958. The van der Waals surface area contributed by atoms with E-state index >= 15 is 0 Å². The van der Waals surface area contributed by atoms with Gasteiger partial charge in [0.25, 0.3) is 5.91 Å². The van der Waals surface area contributed by atoms with Crippen molar-refractivity contribution in [1.29, 1.82) is 0 Å². The molecule has 110 valence electrons. The highest BCUT2D eigenvalue weighted by molar-refractivity contribution is 7.14. The van der Waals surface area contributed by atoms with Gasteiger partial charge in [0.2, 0.25) is 0 Å². The van der Waals surface area contributed by atoms with Crippen LogP contribution in [0.5, 0.6) is 0 Å². The number of hydrogen-bond acceptors (Lipinski definition) is 4. The molecule has 2 rings (SSSR count). The normalized spacial score (nSPS) is 10.0. The van der Waals surface area contributed by atoms with Crippen molar-refractivity contribution in [1.82, 2.24) is 15.1 Å². The highest BCUT2D eigenvalue weighted by atomic mass is 32.1. The van der Waals surface area contributed by atoms with Gasteiger partial charge in [-0.15, -0.1) is 11.3 Å². The minimum Gasteiger partial charge on any atom is -0.384 e. The lowest BCUT2D eigenvalue weighted by Crippen LogP contribution is -2.24. The first kappa shape index (κ1) is 15.3. The Morgan fingerprint density at radius 1 is 1.57 bits per heavy atom. The summed E-state index contributed by atoms with van der Waals surface area (Å²) in [5.41, 5.74) is 2.05. The Balaban J connectivity index is 1.91. The molecule has 0 aliphatic heterocycles. The van der Waals surface area contributed by atoms with Crippen molar-refractivity contribution < 1.29 is 9.90 Å². The number of aliphatic hydroxyl groups is 1. The Morgan fingerprint density at radius 2 is 2.38 bits per heavy atom. The maximum atomic E-state index is 12.1. The molecular weight excluding hydrogens is 286 g/mol. The molecule has 2 heterocycles. The maximum Gasteiger partial charge on any atom is 0.261 e. The zero-order valence-corrected chi connectivity index (χ0v) is 12.8. The van der Waals surface area contributed by atoms with E-state index in [0.717, 1.165) is 22.4 Å². The summed E-state index contributed by atoms with van der Waals surface area (Å²) in [7, 11) is 1.87. The molecule has 0 bridgehead atoms. The zero-order chi connectivity index (χ0) is 15.2. The lowest BCUT2D eigenvalue weighted by Gasteiger charge is -2.01. The number of aliphatic hydroxyl groups excluding tert-OH is 1. The molecule has 0 aromatic carbocycles. The van der Waals surface area contributed by atoms with Gasteiger partial charge in [0.1, 0.15) is 6.61 Å². The van der Waals surface area contributed by atoms with Crippen LogP contribution in [0.15, 0.2) is 18.5 Å². The Hall–Kier alpha value is -2.10. The molecule has 0 aliphatic rings. The van der Waals surface area contributed by atoms with Crippen LogP contribution in [-0.2, 0) is 13.5 Å². The second-order valence-corrected chi connectivity index (χ2v) is 5.66. The number of nitrogens with one attached hydrogen (secondary N) is 1. The van der Waals surface area contributed by atoms with Crippen LogP contribution in [0.3, 0.4) is 0 Å². The van der Waals surface area contributed by atoms with Gasteiger partial charge in [0.15, 0.2) is 0 Å². The minimum absolute atomic E-state index is 0.0935. The molecule has 2 aromatic heterocycles. The molecule has 0 radical (unpaired) electrons. The smallest absolute Gasteiger partial charge is 0.261 e. The van der Waals surface area contributed by atoms with E-state index in [1.165, 1.54) is 11.3 Å². The molecule has 5 nitrogen and oxygen atoms in total. The largest absolute Gasteiger partial charge is 0.384 e. The van der Waals surface area contributed by atoms with Gasteiger partial charge >= 0.3 is 0 Å². The predicted octanol–water partition coefficient (Wildman–Crippen LogP) is 1.11. The molecule has 0 saturated carbocycles. The second-order valence-electron chi connectivity index (χ2n) is 4.61. The predicted molar refractivity (Wildman–Crippen MR) is 82.3 cm³/mol. The number of thiophene rings is 1. The number of carbonyl (C=O) groups is 1. The van der Waals surface area contributed by atoms with Gasteiger partial charge < -0.3 is 10.4 Å². The number of aromatic nitrogens is 2. The van der Waals surface area contributed by atoms with E-state index in [1.54, 1.807) is 10.9 Å². The van der Waals surface area contributed by atoms with Crippen molar-refractivity contribution in [2.45, 2.75) is 13.3 Å². The molecule has 1 amide bonds. The second kappa shape index (κ2) is 7.07. The third kappa shape index (κ3) is 4.18. The fourth-order valence-corrected chi connectivity index (χ4v) is 2.81. The molecule has 2 aromatic rings. The van der Waals surface area contributed by atoms with Gasteiger partial charge in [-0.1, -0.05) is 11.8 Å². The maximum absolute atomic E-state index is 12.1. The van der Waals surface area contributed by atoms with Crippen molar-refractivity contribution >= 4 is 17.2 Å². The van der Waals surface area contributed by atoms with Crippen LogP contribution in [-0.4, -0.2) is 33.9 Å². The molecule has 21 heavy (non-hydrogen) atoms. The van der Waals surface area contributed by atoms with Gasteiger partial charge in [0.05, 0.1) is 16.0 Å². The standard InChI is InChI=1S/C15H17N3O2S/c1-11-8-14(21-13(11)4-3-7-19)15(20)16-6-5-12-9-17-18(2)10-12/h8-10,19H,5-7H2,1-2H3,(H,16,20). The van der Waals surface area contributed by atoms with Gasteiger partial charge in [0, 0.05) is 19.8 Å². The average molecular weight is 303 g/mol. The highest BCUT2D eigenvalue weighted by Crippen LogP contribution is 2.20. The minimum atomic E-state index is -0.177. The fourth-order valence-electron chi connectivity index (χ4n) is 1.85. The van der Waals surface area contributed by atoms with Crippen molar-refractivity contribution in [3.8, 4) is 11.8 Å². The lowest BCUT2D eigenvalue weighted by atomic mass is 10.2. The number of aryl methyl sites for hydroxylation is 2. The van der Waals surface area contributed by atoms with Gasteiger partial charge in [-0.3, -0.25) is 9.48 Å². The van der Waals surface area contributed by atoms with Crippen molar-refractivity contribution in [2.75, 3.05) is 13.2 Å². The number of amides is 1. The fraction of sp³-hybridized carbons (Fsp3) is 0.333. The summed E-state index contributed by atoms with van der Waals surface area (Å²) < 4.78 is 1.74. The number of nitrogens with zero attached hydrogens (tertiary/aromatic N) is 2. The molecular formula is C15H17N3O2S. The quantitative estimate of drug-likeness (QED) is 0.831. The van der Waals surface area contributed by atoms with E-state index in [0.29, 0.717) is 11.4 Å². The summed E-state index contributed by atoms with van der Waals surface area (Å²) in [6.07, 6.45) is 4.48. The summed E-state index contributed by atoms with van der Waals surface area (Å²) in [5.74, 6) is 5.36. The van der Waals surface area contributed by atoms with E-state index in [-0.39, 0.29) is 12.5 Å². The van der Waals surface area contributed by atoms with Crippen LogP contribution in [0.4, 0.5) is 0 Å². The van der Waals surface area contributed by atoms with Crippen molar-refractivity contribution in [2.24, 2.45) is 7.05 Å². The SMILES string of the molecule is Cc1cc(C(=O)NCCc2cnn(C)c2)sc1C#CCO. The molecule has 0 unspecified atom stereocenters. The van der Waals surface area contributed by atoms with E-state index in [9.17, 15) is 4.79 Å². The van der Waals surface area contributed by atoms with E-state index in [1.807, 2.05) is 26.2 Å². The third-order valence-electron chi connectivity index (χ3n) is 2.88. The van der Waals surface area contributed by atoms with Crippen molar-refractivity contribution in [3.63, 3.8) is 0 Å².